The monoisotopic (exact) mass is 268 g/mol. The van der Waals surface area contributed by atoms with E-state index in [2.05, 4.69) is 9.47 Å². The first-order valence-electron chi connectivity index (χ1n) is 4.55. The van der Waals surface area contributed by atoms with Crippen LogP contribution in [0.3, 0.4) is 0 Å². The molecule has 0 aromatic heterocycles. The van der Waals surface area contributed by atoms with Gasteiger partial charge in [0.1, 0.15) is 5.56 Å². The van der Waals surface area contributed by atoms with Gasteiger partial charge in [-0.15, -0.1) is 0 Å². The molecule has 0 saturated heterocycles. The van der Waals surface area contributed by atoms with Crippen LogP contribution < -0.4 is 9.47 Å². The summed E-state index contributed by atoms with van der Waals surface area (Å²) in [7, 11) is 1.02. The van der Waals surface area contributed by atoms with E-state index in [0.29, 0.717) is 6.07 Å². The summed E-state index contributed by atoms with van der Waals surface area (Å²) in [6.07, 6.45) is -2.96. The van der Waals surface area contributed by atoms with Crippen LogP contribution in [0.5, 0.6) is 11.5 Å². The first-order chi connectivity index (χ1) is 8.36. The first kappa shape index (κ1) is 14.1. The molecule has 0 radical (unpaired) electrons. The zero-order valence-electron chi connectivity index (χ0n) is 8.99. The highest BCUT2D eigenvalue weighted by Gasteiger charge is 2.23. The minimum Gasteiger partial charge on any atom is -0.493 e. The number of carboxylic acid groups (broad SMARTS) is 1. The lowest BCUT2D eigenvalue weighted by Gasteiger charge is -2.14. The van der Waals surface area contributed by atoms with Crippen molar-refractivity contribution in [3.05, 3.63) is 23.3 Å². The van der Waals surface area contributed by atoms with Crippen LogP contribution in [0.25, 0.3) is 0 Å². The Morgan fingerprint density at radius 1 is 1.28 bits per heavy atom. The molecule has 1 N–H and O–H groups in total. The molecule has 0 amide bonds. The molecule has 4 nitrogen and oxygen atoms in total. The molecule has 0 spiro atoms. The Labute approximate surface area is 98.7 Å². The van der Waals surface area contributed by atoms with Crippen LogP contribution in [0.2, 0.25) is 0 Å². The average Bonchev–Trinajstić information content (AvgIpc) is 2.27. The maximum Gasteiger partial charge on any atom is 0.387 e. The average molecular weight is 268 g/mol. The van der Waals surface area contributed by atoms with Crippen LogP contribution in [-0.2, 0) is 0 Å². The number of halogens is 4. The number of aromatic carboxylic acids is 1. The quantitative estimate of drug-likeness (QED) is 0.834. The van der Waals surface area contributed by atoms with E-state index in [1.807, 2.05) is 0 Å². The number of alkyl halides is 4. The number of carbonyl (C=O) groups is 1. The molecule has 0 fully saturated rings. The highest BCUT2D eigenvalue weighted by molar-refractivity contribution is 5.92. The Hall–Kier alpha value is -1.99. The van der Waals surface area contributed by atoms with Crippen molar-refractivity contribution in [3.8, 4) is 11.5 Å². The Balaban J connectivity index is 3.41. The lowest BCUT2D eigenvalue weighted by atomic mass is 10.1. The molecule has 0 aliphatic heterocycles. The summed E-state index contributed by atoms with van der Waals surface area (Å²) >= 11 is 0. The molecule has 0 heterocycles. The van der Waals surface area contributed by atoms with E-state index in [0.717, 1.165) is 13.2 Å². The van der Waals surface area contributed by atoms with Gasteiger partial charge in [-0.1, -0.05) is 0 Å². The molecule has 8 heteroatoms. The minimum atomic E-state index is -3.30. The number of benzene rings is 1. The zero-order chi connectivity index (χ0) is 13.9. The molecular formula is C10H8F4O4. The number of hydrogen-bond acceptors (Lipinski definition) is 3. The smallest absolute Gasteiger partial charge is 0.387 e. The second kappa shape index (κ2) is 5.56. The summed E-state index contributed by atoms with van der Waals surface area (Å²) in [5.41, 5.74) is -1.48. The summed E-state index contributed by atoms with van der Waals surface area (Å²) < 4.78 is 57.8. The fraction of sp³-hybridized carbons (Fsp3) is 0.300. The van der Waals surface area contributed by atoms with Gasteiger partial charge in [0.2, 0.25) is 0 Å². The number of carboxylic acids is 1. The number of hydrogen-bond donors (Lipinski definition) is 1. The molecule has 100 valence electrons. The van der Waals surface area contributed by atoms with E-state index in [1.165, 1.54) is 0 Å². The second-order valence-corrected chi connectivity index (χ2v) is 3.08. The molecule has 0 atom stereocenters. The number of methoxy groups -OCH3 is 1. The molecule has 0 aliphatic carbocycles. The van der Waals surface area contributed by atoms with Crippen molar-refractivity contribution in [2.45, 2.75) is 13.0 Å². The normalized spacial score (nSPS) is 10.8. The molecule has 0 aliphatic rings. The third kappa shape index (κ3) is 3.02. The third-order valence-electron chi connectivity index (χ3n) is 1.99. The van der Waals surface area contributed by atoms with Gasteiger partial charge in [-0.05, 0) is 12.1 Å². The largest absolute Gasteiger partial charge is 0.493 e. The predicted molar refractivity (Wildman–Crippen MR) is 51.5 cm³/mol. The molecule has 1 aromatic rings. The first-order valence-corrected chi connectivity index (χ1v) is 4.55. The molecule has 0 bridgehead atoms. The fourth-order valence-electron chi connectivity index (χ4n) is 1.27. The zero-order valence-corrected chi connectivity index (χ0v) is 8.99. The van der Waals surface area contributed by atoms with Crippen molar-refractivity contribution in [2.24, 2.45) is 0 Å². The predicted octanol–water partition coefficient (Wildman–Crippen LogP) is 2.93. The van der Waals surface area contributed by atoms with Crippen molar-refractivity contribution in [1.82, 2.24) is 0 Å². The van der Waals surface area contributed by atoms with Gasteiger partial charge in [-0.3, -0.25) is 0 Å². The van der Waals surface area contributed by atoms with E-state index >= 15 is 0 Å². The molecular weight excluding hydrogens is 260 g/mol. The second-order valence-electron chi connectivity index (χ2n) is 3.08. The van der Waals surface area contributed by atoms with Crippen LogP contribution >= 0.6 is 0 Å². The molecule has 1 aromatic carbocycles. The van der Waals surface area contributed by atoms with E-state index in [4.69, 9.17) is 5.11 Å². The van der Waals surface area contributed by atoms with E-state index in [9.17, 15) is 22.4 Å². The lowest BCUT2D eigenvalue weighted by Crippen LogP contribution is -2.10. The van der Waals surface area contributed by atoms with Gasteiger partial charge >= 0.3 is 12.6 Å². The highest BCUT2D eigenvalue weighted by atomic mass is 19.3. The van der Waals surface area contributed by atoms with Crippen LogP contribution in [-0.4, -0.2) is 24.8 Å². The van der Waals surface area contributed by atoms with Crippen LogP contribution in [0.15, 0.2) is 12.1 Å². The summed E-state index contributed by atoms with van der Waals surface area (Å²) in [5, 5.41) is 8.78. The van der Waals surface area contributed by atoms with Crippen molar-refractivity contribution in [3.63, 3.8) is 0 Å². The molecule has 1 rings (SSSR count). The van der Waals surface area contributed by atoms with Crippen LogP contribution in [0.1, 0.15) is 22.3 Å². The van der Waals surface area contributed by atoms with E-state index in [-0.39, 0.29) is 0 Å². The van der Waals surface area contributed by atoms with Gasteiger partial charge in [0.05, 0.1) is 7.11 Å². The number of rotatable bonds is 5. The van der Waals surface area contributed by atoms with Gasteiger partial charge < -0.3 is 14.6 Å². The summed E-state index contributed by atoms with van der Waals surface area (Å²) in [4.78, 5) is 10.8. The summed E-state index contributed by atoms with van der Waals surface area (Å²) in [6, 6.07) is 1.31. The van der Waals surface area contributed by atoms with E-state index < -0.39 is 41.6 Å². The standard InChI is InChI=1S/C10H8F4O4/c1-17-6-3-4(8(11)12)2-5(9(15)16)7(6)18-10(13)14/h2-3,8,10H,1H3,(H,15,16). The Bertz CT molecular complexity index is 448. The Morgan fingerprint density at radius 2 is 1.89 bits per heavy atom. The maximum atomic E-state index is 12.5. The highest BCUT2D eigenvalue weighted by Crippen LogP contribution is 2.36. The minimum absolute atomic E-state index is 0.495. The summed E-state index contributed by atoms with van der Waals surface area (Å²) in [6.45, 7) is -3.30. The van der Waals surface area contributed by atoms with Gasteiger partial charge in [-0.25, -0.2) is 13.6 Å². The third-order valence-corrected chi connectivity index (χ3v) is 1.99. The SMILES string of the molecule is COc1cc(C(F)F)cc(C(=O)O)c1OC(F)F. The van der Waals surface area contributed by atoms with Crippen molar-refractivity contribution >= 4 is 5.97 Å². The molecule has 0 saturated carbocycles. The lowest BCUT2D eigenvalue weighted by molar-refractivity contribution is -0.0517. The molecule has 0 unspecified atom stereocenters. The van der Waals surface area contributed by atoms with Crippen molar-refractivity contribution < 1.29 is 36.9 Å². The van der Waals surface area contributed by atoms with Gasteiger partial charge in [0, 0.05) is 5.56 Å². The fourth-order valence-corrected chi connectivity index (χ4v) is 1.27. The number of ether oxygens (including phenoxy) is 2. The maximum absolute atomic E-state index is 12.5. The van der Waals surface area contributed by atoms with Crippen LogP contribution in [0, 0.1) is 0 Å². The molecule has 18 heavy (non-hydrogen) atoms. The Morgan fingerprint density at radius 3 is 2.28 bits per heavy atom. The van der Waals surface area contributed by atoms with E-state index in [1.54, 1.807) is 0 Å². The van der Waals surface area contributed by atoms with Gasteiger partial charge in [-0.2, -0.15) is 8.78 Å². The Kier molecular flexibility index (Phi) is 4.35. The van der Waals surface area contributed by atoms with Crippen molar-refractivity contribution in [1.29, 1.82) is 0 Å². The van der Waals surface area contributed by atoms with Gasteiger partial charge in [0.15, 0.2) is 11.5 Å². The summed E-state index contributed by atoms with van der Waals surface area (Å²) in [5.74, 6) is -2.96. The van der Waals surface area contributed by atoms with Crippen LogP contribution in [0.4, 0.5) is 17.6 Å². The van der Waals surface area contributed by atoms with Gasteiger partial charge in [0.25, 0.3) is 6.43 Å². The topological polar surface area (TPSA) is 55.8 Å². The van der Waals surface area contributed by atoms with Crippen molar-refractivity contribution in [2.75, 3.05) is 7.11 Å².